The normalized spacial score (nSPS) is 13.6. The van der Waals surface area contributed by atoms with Gasteiger partial charge >= 0.3 is 5.97 Å². The molecule has 1 aromatic rings. The van der Waals surface area contributed by atoms with Crippen molar-refractivity contribution in [2.75, 3.05) is 0 Å². The highest BCUT2D eigenvalue weighted by Crippen LogP contribution is 2.34. The van der Waals surface area contributed by atoms with Crippen LogP contribution in [0.3, 0.4) is 0 Å². The van der Waals surface area contributed by atoms with E-state index in [4.69, 9.17) is 5.11 Å². The van der Waals surface area contributed by atoms with Gasteiger partial charge in [-0.05, 0) is 35.4 Å². The van der Waals surface area contributed by atoms with Gasteiger partial charge in [-0.15, -0.1) is 0 Å². The number of carbonyl (C=O) groups is 1. The molecule has 0 fully saturated rings. The van der Waals surface area contributed by atoms with Gasteiger partial charge in [-0.1, -0.05) is 39.8 Å². The molecule has 0 saturated heterocycles. The van der Waals surface area contributed by atoms with Crippen molar-refractivity contribution in [2.24, 2.45) is 5.41 Å². The number of carboxylic acids is 1. The van der Waals surface area contributed by atoms with Crippen LogP contribution in [-0.2, 0) is 0 Å². The van der Waals surface area contributed by atoms with Gasteiger partial charge in [0.15, 0.2) is 0 Å². The fourth-order valence-electron chi connectivity index (χ4n) is 1.70. The Morgan fingerprint density at radius 1 is 1.31 bits per heavy atom. The van der Waals surface area contributed by atoms with Gasteiger partial charge in [0.2, 0.25) is 0 Å². The van der Waals surface area contributed by atoms with Gasteiger partial charge in [-0.3, -0.25) is 0 Å². The third-order valence-electron chi connectivity index (χ3n) is 3.28. The number of aromatic carboxylic acids is 1. The first kappa shape index (κ1) is 12.8. The van der Waals surface area contributed by atoms with E-state index in [0.717, 1.165) is 5.56 Å². The Bertz CT molecular complexity index is 400. The lowest BCUT2D eigenvalue weighted by molar-refractivity contribution is 0.0696. The van der Waals surface area contributed by atoms with Crippen molar-refractivity contribution in [3.63, 3.8) is 0 Å². The highest BCUT2D eigenvalue weighted by Gasteiger charge is 2.22. The molecular formula is C14H20O2. The second-order valence-corrected chi connectivity index (χ2v) is 5.47. The molecule has 0 saturated carbocycles. The summed E-state index contributed by atoms with van der Waals surface area (Å²) in [7, 11) is 0. The molecule has 0 aromatic heterocycles. The summed E-state index contributed by atoms with van der Waals surface area (Å²) in [6.07, 6.45) is 0. The summed E-state index contributed by atoms with van der Waals surface area (Å²) in [6.45, 7) is 10.6. The molecule has 0 aliphatic carbocycles. The van der Waals surface area contributed by atoms with E-state index in [0.29, 0.717) is 11.5 Å². The van der Waals surface area contributed by atoms with E-state index in [1.165, 1.54) is 5.56 Å². The highest BCUT2D eigenvalue weighted by atomic mass is 16.4. The van der Waals surface area contributed by atoms with Crippen LogP contribution in [0.1, 0.15) is 55.1 Å². The van der Waals surface area contributed by atoms with E-state index in [-0.39, 0.29) is 5.41 Å². The largest absolute Gasteiger partial charge is 0.478 e. The smallest absolute Gasteiger partial charge is 0.335 e. The van der Waals surface area contributed by atoms with Crippen molar-refractivity contribution < 1.29 is 9.90 Å². The fraction of sp³-hybridized carbons (Fsp3) is 0.500. The van der Waals surface area contributed by atoms with Crippen LogP contribution in [-0.4, -0.2) is 11.1 Å². The summed E-state index contributed by atoms with van der Waals surface area (Å²) in [6, 6.07) is 5.61. The first-order valence-corrected chi connectivity index (χ1v) is 5.57. The maximum absolute atomic E-state index is 10.9. The topological polar surface area (TPSA) is 37.3 Å². The Morgan fingerprint density at radius 2 is 1.88 bits per heavy atom. The average Bonchev–Trinajstić information content (AvgIpc) is 2.14. The number of aryl methyl sites for hydroxylation is 1. The predicted octanol–water partition coefficient (Wildman–Crippen LogP) is 3.84. The van der Waals surface area contributed by atoms with Crippen LogP contribution in [0.25, 0.3) is 0 Å². The Balaban J connectivity index is 3.11. The molecule has 0 aliphatic heterocycles. The minimum absolute atomic E-state index is 0.192. The summed E-state index contributed by atoms with van der Waals surface area (Å²) < 4.78 is 0. The van der Waals surface area contributed by atoms with E-state index in [9.17, 15) is 4.79 Å². The molecule has 0 heterocycles. The maximum Gasteiger partial charge on any atom is 0.335 e. The van der Waals surface area contributed by atoms with Crippen molar-refractivity contribution in [3.8, 4) is 0 Å². The van der Waals surface area contributed by atoms with Crippen LogP contribution in [0.15, 0.2) is 18.2 Å². The average molecular weight is 220 g/mol. The van der Waals surface area contributed by atoms with Crippen molar-refractivity contribution in [1.29, 1.82) is 0 Å². The van der Waals surface area contributed by atoms with Crippen LogP contribution in [0, 0.1) is 12.3 Å². The zero-order valence-corrected chi connectivity index (χ0v) is 10.7. The van der Waals surface area contributed by atoms with Gasteiger partial charge in [-0.2, -0.15) is 0 Å². The number of hydrogen-bond acceptors (Lipinski definition) is 1. The predicted molar refractivity (Wildman–Crippen MR) is 66.0 cm³/mol. The monoisotopic (exact) mass is 220 g/mol. The Morgan fingerprint density at radius 3 is 2.25 bits per heavy atom. The van der Waals surface area contributed by atoms with Crippen LogP contribution in [0.4, 0.5) is 0 Å². The quantitative estimate of drug-likeness (QED) is 0.822. The van der Waals surface area contributed by atoms with E-state index in [1.54, 1.807) is 6.07 Å². The summed E-state index contributed by atoms with van der Waals surface area (Å²) in [5.74, 6) is -0.443. The van der Waals surface area contributed by atoms with Gasteiger partial charge in [0.1, 0.15) is 0 Å². The van der Waals surface area contributed by atoms with Gasteiger partial charge in [0, 0.05) is 0 Å². The second kappa shape index (κ2) is 4.28. The summed E-state index contributed by atoms with van der Waals surface area (Å²) in [4.78, 5) is 10.9. The lowest BCUT2D eigenvalue weighted by atomic mass is 9.77. The molecular weight excluding hydrogens is 200 g/mol. The fourth-order valence-corrected chi connectivity index (χ4v) is 1.70. The third-order valence-corrected chi connectivity index (χ3v) is 3.28. The van der Waals surface area contributed by atoms with Gasteiger partial charge in [0.25, 0.3) is 0 Å². The number of carboxylic acid groups (broad SMARTS) is 1. The van der Waals surface area contributed by atoms with Crippen molar-refractivity contribution >= 4 is 5.97 Å². The molecule has 0 bridgehead atoms. The first-order chi connectivity index (χ1) is 7.23. The van der Waals surface area contributed by atoms with Crippen LogP contribution in [0.5, 0.6) is 0 Å². The van der Waals surface area contributed by atoms with Gasteiger partial charge < -0.3 is 5.11 Å². The zero-order chi connectivity index (χ0) is 12.5. The molecule has 2 heteroatoms. The molecule has 0 aliphatic rings. The lowest BCUT2D eigenvalue weighted by Gasteiger charge is -2.28. The minimum Gasteiger partial charge on any atom is -0.478 e. The minimum atomic E-state index is -0.854. The molecule has 1 atom stereocenters. The Kier molecular flexibility index (Phi) is 3.41. The van der Waals surface area contributed by atoms with Crippen molar-refractivity contribution in [3.05, 3.63) is 34.9 Å². The van der Waals surface area contributed by atoms with Crippen molar-refractivity contribution in [1.82, 2.24) is 0 Å². The van der Waals surface area contributed by atoms with Crippen LogP contribution < -0.4 is 0 Å². The van der Waals surface area contributed by atoms with E-state index >= 15 is 0 Å². The standard InChI is InChI=1S/C14H20O2/c1-9-8-11(10(2)14(3,4)5)6-7-12(9)13(15)16/h6-8,10H,1-5H3,(H,15,16). The highest BCUT2D eigenvalue weighted by molar-refractivity contribution is 5.89. The van der Waals surface area contributed by atoms with Gasteiger partial charge in [0.05, 0.1) is 5.56 Å². The van der Waals surface area contributed by atoms with Crippen LogP contribution >= 0.6 is 0 Å². The number of rotatable bonds is 2. The SMILES string of the molecule is Cc1cc(C(C)C(C)(C)C)ccc1C(=O)O. The molecule has 0 radical (unpaired) electrons. The summed E-state index contributed by atoms with van der Waals surface area (Å²) >= 11 is 0. The maximum atomic E-state index is 10.9. The molecule has 16 heavy (non-hydrogen) atoms. The lowest BCUT2D eigenvalue weighted by Crippen LogP contribution is -2.15. The zero-order valence-electron chi connectivity index (χ0n) is 10.7. The van der Waals surface area contributed by atoms with Crippen molar-refractivity contribution in [2.45, 2.75) is 40.5 Å². The van der Waals surface area contributed by atoms with E-state index < -0.39 is 5.97 Å². The Labute approximate surface area is 97.3 Å². The number of hydrogen-bond donors (Lipinski definition) is 1. The van der Waals surface area contributed by atoms with Gasteiger partial charge in [-0.25, -0.2) is 4.79 Å². The van der Waals surface area contributed by atoms with E-state index in [2.05, 4.69) is 27.7 Å². The summed E-state index contributed by atoms with van der Waals surface area (Å²) in [5, 5.41) is 8.96. The molecule has 88 valence electrons. The van der Waals surface area contributed by atoms with Crippen LogP contribution in [0.2, 0.25) is 0 Å². The van der Waals surface area contributed by atoms with E-state index in [1.807, 2.05) is 19.1 Å². The number of benzene rings is 1. The molecule has 0 spiro atoms. The first-order valence-electron chi connectivity index (χ1n) is 5.57. The Hall–Kier alpha value is -1.31. The molecule has 1 rings (SSSR count). The third kappa shape index (κ3) is 2.63. The molecule has 0 amide bonds. The summed E-state index contributed by atoms with van der Waals surface area (Å²) in [5.41, 5.74) is 2.62. The molecule has 2 nitrogen and oxygen atoms in total. The molecule has 1 unspecified atom stereocenters. The molecule has 1 aromatic carbocycles. The molecule has 1 N–H and O–H groups in total. The second-order valence-electron chi connectivity index (χ2n) is 5.47.